The van der Waals surface area contributed by atoms with Crippen LogP contribution in [0.2, 0.25) is 0 Å². The van der Waals surface area contributed by atoms with Crippen LogP contribution in [0.15, 0.2) is 336 Å². The van der Waals surface area contributed by atoms with E-state index in [1.165, 1.54) is 65.5 Å². The quantitative estimate of drug-likeness (QED) is 0.137. The van der Waals surface area contributed by atoms with Gasteiger partial charge in [-0.1, -0.05) is 267 Å². The number of para-hydroxylation sites is 8. The Balaban J connectivity index is 0.907. The fraction of sp³-hybridized carbons (Fsp3) is 0. The van der Waals surface area contributed by atoms with Crippen LogP contribution < -0.4 is 9.80 Å². The van der Waals surface area contributed by atoms with Crippen LogP contribution in [0.25, 0.3) is 165 Å². The predicted octanol–water partition coefficient (Wildman–Crippen LogP) is 25.4. The monoisotopic (exact) mass is 1220 g/mol. The average Bonchev–Trinajstić information content (AvgIpc) is 1.49. The smallest absolute Gasteiger partial charge is 0.159 e. The van der Waals surface area contributed by atoms with Crippen molar-refractivity contribution in [1.29, 1.82) is 0 Å². The zero-order chi connectivity index (χ0) is 62.7. The number of aromatic nitrogens is 2. The summed E-state index contributed by atoms with van der Waals surface area (Å²) in [5.41, 5.74) is 25.6. The lowest BCUT2D eigenvalue weighted by molar-refractivity contribution is 0.669. The number of fused-ring (bicyclic) bond motifs is 18. The molecule has 446 valence electrons. The third-order valence-electron chi connectivity index (χ3n) is 20.3. The van der Waals surface area contributed by atoms with Gasteiger partial charge in [0.1, 0.15) is 11.2 Å². The number of anilines is 6. The molecule has 0 saturated carbocycles. The zero-order valence-electron chi connectivity index (χ0n) is 51.8. The maximum Gasteiger partial charge on any atom is 0.159 e. The Morgan fingerprint density at radius 2 is 0.510 bits per heavy atom. The summed E-state index contributed by atoms with van der Waals surface area (Å²) in [6, 6.07) is 119. The molecule has 0 spiro atoms. The number of rotatable bonds is 10. The standard InChI is InChI=1S/C90H54N4O2/c1-5-27-55(28-6-1)59-35-13-17-45-69(59)91(75-51-23-39-63-61-37-15-19-53-77(61)95-89(63)75)71-47-25-49-73-81(71)65-41-21-43-67-83-80(58-33-11-4-12-34-58)88-84(79(57-31-9-3-10-32-57)87(83)93(73)85(65)67)68-44-22-42-66-82-72(48-26-50-74(82)94(88)86(66)68)92(70-46-18-14-36-60(70)56-29-7-2-8-30-56)76-52-24-40-64-62-38-16-20-54-78(62)96-90(64)76/h1-54H. The van der Waals surface area contributed by atoms with Crippen LogP contribution in [0.4, 0.5) is 34.1 Å². The number of hydrogen-bond acceptors (Lipinski definition) is 4. The van der Waals surface area contributed by atoms with Gasteiger partial charge in [0, 0.05) is 86.9 Å². The highest BCUT2D eigenvalue weighted by Gasteiger charge is 2.34. The molecule has 0 aliphatic rings. The molecule has 96 heavy (non-hydrogen) atoms. The maximum atomic E-state index is 7.02. The van der Waals surface area contributed by atoms with Crippen LogP contribution >= 0.6 is 0 Å². The Morgan fingerprint density at radius 3 is 0.938 bits per heavy atom. The van der Waals surface area contributed by atoms with Crippen LogP contribution in [-0.4, -0.2) is 8.80 Å². The normalized spacial score (nSPS) is 12.2. The summed E-state index contributed by atoms with van der Waals surface area (Å²) in [5, 5.41) is 13.7. The topological polar surface area (TPSA) is 41.6 Å². The summed E-state index contributed by atoms with van der Waals surface area (Å²) in [4.78, 5) is 4.94. The van der Waals surface area contributed by atoms with Gasteiger partial charge in [0.05, 0.1) is 67.2 Å². The van der Waals surface area contributed by atoms with Gasteiger partial charge >= 0.3 is 0 Å². The molecule has 0 fully saturated rings. The number of benzene rings is 15. The maximum absolute atomic E-state index is 7.02. The fourth-order valence-corrected chi connectivity index (χ4v) is 16.6. The van der Waals surface area contributed by atoms with Crippen molar-refractivity contribution >= 4 is 154 Å². The van der Waals surface area contributed by atoms with Crippen molar-refractivity contribution in [3.8, 4) is 44.5 Å². The Hall–Kier alpha value is -12.9. The molecule has 21 aromatic rings. The Bertz CT molecular complexity index is 6290. The van der Waals surface area contributed by atoms with Crippen molar-refractivity contribution in [2.75, 3.05) is 9.80 Å². The minimum absolute atomic E-state index is 0.834. The van der Waals surface area contributed by atoms with Crippen molar-refractivity contribution < 1.29 is 8.83 Å². The Morgan fingerprint density at radius 1 is 0.208 bits per heavy atom. The van der Waals surface area contributed by atoms with E-state index in [2.05, 4.69) is 346 Å². The van der Waals surface area contributed by atoms with Gasteiger partial charge in [0.15, 0.2) is 11.2 Å². The Kier molecular flexibility index (Phi) is 11.1. The van der Waals surface area contributed by atoms with Gasteiger partial charge in [-0.2, -0.15) is 0 Å². The molecule has 15 aromatic carbocycles. The van der Waals surface area contributed by atoms with E-state index in [0.29, 0.717) is 0 Å². The lowest BCUT2D eigenvalue weighted by Gasteiger charge is -2.29. The van der Waals surface area contributed by atoms with E-state index in [9.17, 15) is 0 Å². The third kappa shape index (κ3) is 7.29. The van der Waals surface area contributed by atoms with Crippen LogP contribution in [0.5, 0.6) is 0 Å². The minimum atomic E-state index is 0.834. The van der Waals surface area contributed by atoms with Gasteiger partial charge < -0.3 is 27.4 Å². The van der Waals surface area contributed by atoms with Crippen LogP contribution in [-0.2, 0) is 0 Å². The fourth-order valence-electron chi connectivity index (χ4n) is 16.6. The average molecular weight is 1220 g/mol. The lowest BCUT2D eigenvalue weighted by Crippen LogP contribution is -2.12. The van der Waals surface area contributed by atoms with Crippen LogP contribution in [0.1, 0.15) is 0 Å². The second-order valence-corrected chi connectivity index (χ2v) is 25.3. The van der Waals surface area contributed by atoms with E-state index in [-0.39, 0.29) is 0 Å². The van der Waals surface area contributed by atoms with E-state index >= 15 is 0 Å². The molecule has 21 rings (SSSR count). The molecule has 0 aliphatic heterocycles. The summed E-state index contributed by atoms with van der Waals surface area (Å²) in [6.07, 6.45) is 0. The number of furan rings is 2. The van der Waals surface area contributed by atoms with Crippen molar-refractivity contribution in [2.24, 2.45) is 0 Å². The second-order valence-electron chi connectivity index (χ2n) is 25.3. The van der Waals surface area contributed by atoms with E-state index in [1.807, 2.05) is 0 Å². The van der Waals surface area contributed by atoms with Gasteiger partial charge in [-0.25, -0.2) is 0 Å². The summed E-state index contributed by atoms with van der Waals surface area (Å²) in [5.74, 6) is 0. The molecule has 0 aliphatic carbocycles. The first kappa shape index (κ1) is 52.7. The van der Waals surface area contributed by atoms with Crippen molar-refractivity contribution in [2.45, 2.75) is 0 Å². The van der Waals surface area contributed by atoms with Crippen molar-refractivity contribution in [3.05, 3.63) is 328 Å². The van der Waals surface area contributed by atoms with E-state index in [0.717, 1.165) is 133 Å². The first-order valence-electron chi connectivity index (χ1n) is 32.9. The third-order valence-corrected chi connectivity index (χ3v) is 20.3. The molecule has 6 nitrogen and oxygen atoms in total. The van der Waals surface area contributed by atoms with Gasteiger partial charge in [-0.05, 0) is 82.9 Å². The van der Waals surface area contributed by atoms with Gasteiger partial charge in [0.25, 0.3) is 0 Å². The first-order chi connectivity index (χ1) is 47.7. The molecule has 0 saturated heterocycles. The summed E-state index contributed by atoms with van der Waals surface area (Å²) < 4.78 is 19.3. The minimum Gasteiger partial charge on any atom is -0.454 e. The highest BCUT2D eigenvalue weighted by atomic mass is 16.3. The van der Waals surface area contributed by atoms with E-state index in [4.69, 9.17) is 8.83 Å². The molecule has 6 heterocycles. The number of hydrogen-bond donors (Lipinski definition) is 0. The SMILES string of the molecule is c1ccc(-c2ccccc2N(c2cccc3c2oc2ccccc23)c2cccc3c2c2cccc4c5c(-c6ccccc6)c6c(c(-c7ccccc7)c5n3c24)c2cccc3c4c(N(c5ccccc5-c5ccccc5)c5cccc7c5oc5ccccc57)cccc4n6c32)cc1. The summed E-state index contributed by atoms with van der Waals surface area (Å²) in [7, 11) is 0. The number of nitrogens with zero attached hydrogens (tertiary/aromatic N) is 4. The second kappa shape index (κ2) is 20.3. The molecule has 0 radical (unpaired) electrons. The van der Waals surface area contributed by atoms with Crippen molar-refractivity contribution in [1.82, 2.24) is 8.80 Å². The summed E-state index contributed by atoms with van der Waals surface area (Å²) in [6.45, 7) is 0. The Labute approximate surface area is 550 Å². The lowest BCUT2D eigenvalue weighted by atomic mass is 9.89. The molecular weight excluding hydrogens is 1170 g/mol. The first-order valence-corrected chi connectivity index (χ1v) is 32.9. The molecule has 0 atom stereocenters. The highest BCUT2D eigenvalue weighted by Crippen LogP contribution is 2.58. The predicted molar refractivity (Wildman–Crippen MR) is 401 cm³/mol. The zero-order valence-corrected chi connectivity index (χ0v) is 51.8. The van der Waals surface area contributed by atoms with Crippen molar-refractivity contribution in [3.63, 3.8) is 0 Å². The molecule has 0 unspecified atom stereocenters. The molecule has 6 heteroatoms. The van der Waals surface area contributed by atoms with Gasteiger partial charge in [-0.15, -0.1) is 0 Å². The van der Waals surface area contributed by atoms with Crippen LogP contribution in [0, 0.1) is 0 Å². The van der Waals surface area contributed by atoms with Gasteiger partial charge in [0.2, 0.25) is 0 Å². The largest absolute Gasteiger partial charge is 0.454 e. The van der Waals surface area contributed by atoms with E-state index < -0.39 is 0 Å². The molecule has 0 amide bonds. The summed E-state index contributed by atoms with van der Waals surface area (Å²) >= 11 is 0. The van der Waals surface area contributed by atoms with E-state index in [1.54, 1.807) is 0 Å². The molecule has 0 bridgehead atoms. The molecule has 0 N–H and O–H groups in total. The molecular formula is C90H54N4O2. The van der Waals surface area contributed by atoms with Gasteiger partial charge in [-0.3, -0.25) is 0 Å². The highest BCUT2D eigenvalue weighted by molar-refractivity contribution is 6.39. The molecule has 6 aromatic heterocycles. The van der Waals surface area contributed by atoms with Crippen LogP contribution in [0.3, 0.4) is 0 Å².